The van der Waals surface area contributed by atoms with E-state index in [0.29, 0.717) is 18.6 Å². The van der Waals surface area contributed by atoms with Crippen molar-refractivity contribution in [3.05, 3.63) is 24.3 Å². The molecule has 2 aliphatic heterocycles. The molecular formula is C17H26ClN3O. The van der Waals surface area contributed by atoms with Crippen molar-refractivity contribution in [1.29, 1.82) is 0 Å². The van der Waals surface area contributed by atoms with Crippen molar-refractivity contribution in [1.82, 2.24) is 4.90 Å². The van der Waals surface area contributed by atoms with Gasteiger partial charge in [-0.1, -0.05) is 12.1 Å². The van der Waals surface area contributed by atoms with Gasteiger partial charge in [0.2, 0.25) is 5.91 Å². The molecule has 0 bridgehead atoms. The monoisotopic (exact) mass is 323 g/mol. The van der Waals surface area contributed by atoms with E-state index in [0.717, 1.165) is 37.3 Å². The highest BCUT2D eigenvalue weighted by Crippen LogP contribution is 2.29. The molecule has 122 valence electrons. The van der Waals surface area contributed by atoms with Gasteiger partial charge in [-0.3, -0.25) is 4.79 Å². The van der Waals surface area contributed by atoms with Gasteiger partial charge in [-0.25, -0.2) is 0 Å². The zero-order valence-corrected chi connectivity index (χ0v) is 14.2. The van der Waals surface area contributed by atoms with Gasteiger partial charge < -0.3 is 15.1 Å². The van der Waals surface area contributed by atoms with E-state index in [1.807, 2.05) is 12.1 Å². The number of likely N-dealkylation sites (tertiary alicyclic amines) is 1. The van der Waals surface area contributed by atoms with Crippen LogP contribution in [0.1, 0.15) is 33.1 Å². The van der Waals surface area contributed by atoms with Crippen molar-refractivity contribution in [3.63, 3.8) is 0 Å². The number of benzene rings is 1. The summed E-state index contributed by atoms with van der Waals surface area (Å²) in [6.45, 7) is 6.64. The van der Waals surface area contributed by atoms with E-state index in [1.165, 1.54) is 6.42 Å². The summed E-state index contributed by atoms with van der Waals surface area (Å²) in [5, 5.41) is 3.40. The van der Waals surface area contributed by atoms with Gasteiger partial charge in [0.1, 0.15) is 0 Å². The van der Waals surface area contributed by atoms with Gasteiger partial charge in [0.25, 0.3) is 0 Å². The molecule has 2 heterocycles. The maximum absolute atomic E-state index is 12.8. The normalized spacial score (nSPS) is 24.1. The van der Waals surface area contributed by atoms with Gasteiger partial charge in [-0.2, -0.15) is 0 Å². The minimum atomic E-state index is 0. The van der Waals surface area contributed by atoms with Crippen LogP contribution in [0.25, 0.3) is 0 Å². The Kier molecular flexibility index (Phi) is 5.57. The summed E-state index contributed by atoms with van der Waals surface area (Å²) in [4.78, 5) is 17.1. The van der Waals surface area contributed by atoms with E-state index in [2.05, 4.69) is 41.1 Å². The van der Waals surface area contributed by atoms with E-state index < -0.39 is 0 Å². The lowest BCUT2D eigenvalue weighted by Gasteiger charge is -2.41. The van der Waals surface area contributed by atoms with Crippen molar-refractivity contribution in [2.75, 3.05) is 29.9 Å². The van der Waals surface area contributed by atoms with Gasteiger partial charge in [0, 0.05) is 25.2 Å². The van der Waals surface area contributed by atoms with Crippen LogP contribution < -0.4 is 10.2 Å². The first-order valence-corrected chi connectivity index (χ1v) is 8.06. The molecule has 0 aromatic heterocycles. The Labute approximate surface area is 139 Å². The summed E-state index contributed by atoms with van der Waals surface area (Å²) in [7, 11) is 0. The molecule has 0 aliphatic carbocycles. The number of carbonyl (C=O) groups excluding carboxylic acids is 1. The number of amides is 1. The van der Waals surface area contributed by atoms with Crippen LogP contribution in [0.2, 0.25) is 0 Å². The Morgan fingerprint density at radius 2 is 1.91 bits per heavy atom. The molecule has 1 aromatic rings. The SMILES string of the molecule is CC1CCCC(C)N1C(=O)CN1CCNc2ccccc21.Cl. The first-order chi connectivity index (χ1) is 10.2. The molecule has 22 heavy (non-hydrogen) atoms. The third-order valence-corrected chi connectivity index (χ3v) is 4.75. The average Bonchev–Trinajstić information content (AvgIpc) is 2.47. The zero-order valence-electron chi connectivity index (χ0n) is 13.4. The largest absolute Gasteiger partial charge is 0.382 e. The lowest BCUT2D eigenvalue weighted by atomic mass is 9.97. The van der Waals surface area contributed by atoms with Gasteiger partial charge in [0.15, 0.2) is 0 Å². The number of carbonyl (C=O) groups is 1. The molecule has 1 saturated heterocycles. The number of fused-ring (bicyclic) bond motifs is 1. The lowest BCUT2D eigenvalue weighted by Crippen LogP contribution is -2.52. The fraction of sp³-hybridized carbons (Fsp3) is 0.588. The molecule has 1 aromatic carbocycles. The number of nitrogens with zero attached hydrogens (tertiary/aromatic N) is 2. The Balaban J connectivity index is 0.00000176. The van der Waals surface area contributed by atoms with E-state index >= 15 is 0 Å². The maximum Gasteiger partial charge on any atom is 0.242 e. The summed E-state index contributed by atoms with van der Waals surface area (Å²) in [5.74, 6) is 0.270. The smallest absolute Gasteiger partial charge is 0.242 e. The molecule has 2 unspecified atom stereocenters. The van der Waals surface area contributed by atoms with Crippen LogP contribution in [0.15, 0.2) is 24.3 Å². The minimum Gasteiger partial charge on any atom is -0.382 e. The quantitative estimate of drug-likeness (QED) is 0.908. The van der Waals surface area contributed by atoms with Crippen LogP contribution in [0.3, 0.4) is 0 Å². The lowest BCUT2D eigenvalue weighted by molar-refractivity contribution is -0.135. The molecule has 2 aliphatic rings. The molecule has 2 atom stereocenters. The van der Waals surface area contributed by atoms with Crippen molar-refractivity contribution in [3.8, 4) is 0 Å². The number of nitrogens with one attached hydrogen (secondary N) is 1. The van der Waals surface area contributed by atoms with Gasteiger partial charge >= 0.3 is 0 Å². The third-order valence-electron chi connectivity index (χ3n) is 4.75. The zero-order chi connectivity index (χ0) is 14.8. The summed E-state index contributed by atoms with van der Waals surface area (Å²) >= 11 is 0. The Morgan fingerprint density at radius 3 is 2.64 bits per heavy atom. The number of hydrogen-bond acceptors (Lipinski definition) is 3. The predicted molar refractivity (Wildman–Crippen MR) is 94.0 cm³/mol. The molecule has 1 amide bonds. The Morgan fingerprint density at radius 1 is 1.23 bits per heavy atom. The van der Waals surface area contributed by atoms with Crippen LogP contribution in [0.5, 0.6) is 0 Å². The van der Waals surface area contributed by atoms with Crippen molar-refractivity contribution in [2.45, 2.75) is 45.2 Å². The molecular weight excluding hydrogens is 298 g/mol. The van der Waals surface area contributed by atoms with E-state index in [-0.39, 0.29) is 18.3 Å². The summed E-state index contributed by atoms with van der Waals surface area (Å²) < 4.78 is 0. The molecule has 3 rings (SSSR count). The fourth-order valence-electron chi connectivity index (χ4n) is 3.67. The van der Waals surface area contributed by atoms with Gasteiger partial charge in [0.05, 0.1) is 17.9 Å². The van der Waals surface area contributed by atoms with Gasteiger partial charge in [-0.15, -0.1) is 12.4 Å². The Hall–Kier alpha value is -1.42. The van der Waals surface area contributed by atoms with Crippen molar-refractivity contribution >= 4 is 29.7 Å². The summed E-state index contributed by atoms with van der Waals surface area (Å²) in [6, 6.07) is 9.00. The van der Waals surface area contributed by atoms with Crippen LogP contribution in [0.4, 0.5) is 11.4 Å². The second kappa shape index (κ2) is 7.23. The standard InChI is InChI=1S/C17H25N3O.ClH/c1-13-6-5-7-14(2)20(13)17(21)12-19-11-10-18-15-8-3-4-9-16(15)19;/h3-4,8-9,13-14,18H,5-7,10-12H2,1-2H3;1H. The highest BCUT2D eigenvalue weighted by atomic mass is 35.5. The highest BCUT2D eigenvalue weighted by molar-refractivity contribution is 5.85. The molecule has 0 saturated carbocycles. The number of piperidine rings is 1. The topological polar surface area (TPSA) is 35.6 Å². The predicted octanol–water partition coefficient (Wildman–Crippen LogP) is 3.13. The number of anilines is 2. The number of rotatable bonds is 2. The summed E-state index contributed by atoms with van der Waals surface area (Å²) in [6.07, 6.45) is 3.50. The minimum absolute atomic E-state index is 0. The van der Waals surface area contributed by atoms with E-state index in [9.17, 15) is 4.79 Å². The van der Waals surface area contributed by atoms with Gasteiger partial charge in [-0.05, 0) is 45.2 Å². The first-order valence-electron chi connectivity index (χ1n) is 8.06. The van der Waals surface area contributed by atoms with Crippen LogP contribution in [-0.2, 0) is 4.79 Å². The summed E-state index contributed by atoms with van der Waals surface area (Å²) in [5.41, 5.74) is 2.28. The second-order valence-electron chi connectivity index (χ2n) is 6.30. The third kappa shape index (κ3) is 3.32. The molecule has 0 radical (unpaired) electrons. The Bertz CT molecular complexity index is 512. The van der Waals surface area contributed by atoms with Crippen LogP contribution >= 0.6 is 12.4 Å². The molecule has 1 fully saturated rings. The average molecular weight is 324 g/mol. The number of para-hydroxylation sites is 2. The molecule has 1 N–H and O–H groups in total. The number of hydrogen-bond donors (Lipinski definition) is 1. The van der Waals surface area contributed by atoms with E-state index in [1.54, 1.807) is 0 Å². The second-order valence-corrected chi connectivity index (χ2v) is 6.30. The molecule has 4 nitrogen and oxygen atoms in total. The molecule has 5 heteroatoms. The van der Waals surface area contributed by atoms with Crippen LogP contribution in [0, 0.1) is 0 Å². The van der Waals surface area contributed by atoms with Crippen molar-refractivity contribution < 1.29 is 4.79 Å². The number of halogens is 1. The highest BCUT2D eigenvalue weighted by Gasteiger charge is 2.30. The van der Waals surface area contributed by atoms with Crippen molar-refractivity contribution in [2.24, 2.45) is 0 Å². The first kappa shape index (κ1) is 16.9. The van der Waals surface area contributed by atoms with E-state index in [4.69, 9.17) is 0 Å². The fourth-order valence-corrected chi connectivity index (χ4v) is 3.67. The maximum atomic E-state index is 12.8. The van der Waals surface area contributed by atoms with Crippen LogP contribution in [-0.4, -0.2) is 42.5 Å². The molecule has 0 spiro atoms.